The maximum Gasteiger partial charge on any atom is 0.342 e. The summed E-state index contributed by atoms with van der Waals surface area (Å²) < 4.78 is 15.1. The molecule has 0 saturated carbocycles. The fraction of sp³-hybridized carbons (Fsp3) is 0.423. The molecule has 0 amide bonds. The number of carbonyl (C=O) groups excluding carboxylic acids is 2. The number of hydrogen-bond acceptors (Lipinski definition) is 5. The lowest BCUT2D eigenvalue weighted by molar-refractivity contribution is 0.0473. The van der Waals surface area contributed by atoms with Crippen LogP contribution >= 0.6 is 0 Å². The van der Waals surface area contributed by atoms with E-state index < -0.39 is 5.97 Å². The summed E-state index contributed by atoms with van der Waals surface area (Å²) in [7, 11) is 0. The molecule has 7 heteroatoms. The summed E-state index contributed by atoms with van der Waals surface area (Å²) in [5, 5.41) is 4.51. The van der Waals surface area contributed by atoms with Crippen molar-refractivity contribution in [3.63, 3.8) is 0 Å². The van der Waals surface area contributed by atoms with Crippen LogP contribution in [0.5, 0.6) is 0 Å². The van der Waals surface area contributed by atoms with Crippen molar-refractivity contribution in [3.8, 4) is 0 Å². The third-order valence-corrected chi connectivity index (χ3v) is 6.38. The number of ether oxygens (including phenoxy) is 2. The van der Waals surface area contributed by atoms with Crippen molar-refractivity contribution in [2.24, 2.45) is 0 Å². The number of aryl methyl sites for hydroxylation is 2. The molecule has 7 nitrogen and oxygen atoms in total. The van der Waals surface area contributed by atoms with Gasteiger partial charge in [0.25, 0.3) is 0 Å². The Balaban J connectivity index is 1.42. The van der Waals surface area contributed by atoms with Crippen LogP contribution in [0, 0.1) is 27.7 Å². The molecule has 33 heavy (non-hydrogen) atoms. The molecule has 1 unspecified atom stereocenters. The number of esters is 1. The Morgan fingerprint density at radius 2 is 1.88 bits per heavy atom. The second-order valence-corrected chi connectivity index (χ2v) is 8.72. The molecule has 0 radical (unpaired) electrons. The van der Waals surface area contributed by atoms with E-state index in [1.54, 1.807) is 11.6 Å². The lowest BCUT2D eigenvalue weighted by Gasteiger charge is -2.14. The molecule has 0 bridgehead atoms. The van der Waals surface area contributed by atoms with Gasteiger partial charge < -0.3 is 14.0 Å². The minimum absolute atomic E-state index is 0.189. The third-order valence-electron chi connectivity index (χ3n) is 6.38. The van der Waals surface area contributed by atoms with Crippen molar-refractivity contribution in [3.05, 3.63) is 75.9 Å². The van der Waals surface area contributed by atoms with Gasteiger partial charge in [-0.1, -0.05) is 30.3 Å². The normalized spacial score (nSPS) is 15.7. The molecule has 0 N–H and O–H groups in total. The van der Waals surface area contributed by atoms with Gasteiger partial charge in [0.15, 0.2) is 6.61 Å². The predicted molar refractivity (Wildman–Crippen MR) is 125 cm³/mol. The first kappa shape index (κ1) is 23.0. The zero-order valence-electron chi connectivity index (χ0n) is 19.8. The van der Waals surface area contributed by atoms with Gasteiger partial charge in [0.05, 0.1) is 24.0 Å². The summed E-state index contributed by atoms with van der Waals surface area (Å²) in [6.45, 7) is 9.35. The summed E-state index contributed by atoms with van der Waals surface area (Å²) in [4.78, 5) is 25.7. The van der Waals surface area contributed by atoms with Crippen molar-refractivity contribution >= 4 is 11.8 Å². The van der Waals surface area contributed by atoms with E-state index in [4.69, 9.17) is 9.47 Å². The third kappa shape index (κ3) is 4.93. The van der Waals surface area contributed by atoms with E-state index >= 15 is 0 Å². The second kappa shape index (κ2) is 9.75. The highest BCUT2D eigenvalue weighted by Crippen LogP contribution is 2.21. The SMILES string of the molecule is Cc1nn(Cc2ccccc2)c(C)c1C(=O)OCC(=O)c1cc(C)n(CC2CCCO2)c1C. The van der Waals surface area contributed by atoms with E-state index in [1.165, 1.54) is 0 Å². The van der Waals surface area contributed by atoms with Gasteiger partial charge in [0.1, 0.15) is 5.56 Å². The summed E-state index contributed by atoms with van der Waals surface area (Å²) in [6, 6.07) is 11.8. The van der Waals surface area contributed by atoms with E-state index in [9.17, 15) is 9.59 Å². The number of ketones is 1. The van der Waals surface area contributed by atoms with Crippen LogP contribution in [0.15, 0.2) is 36.4 Å². The van der Waals surface area contributed by atoms with Crippen LogP contribution in [-0.4, -0.2) is 45.4 Å². The molecule has 0 aliphatic carbocycles. The molecule has 3 heterocycles. The summed E-state index contributed by atoms with van der Waals surface area (Å²) in [5.74, 6) is -0.729. The van der Waals surface area contributed by atoms with E-state index in [1.807, 2.05) is 57.2 Å². The van der Waals surface area contributed by atoms with E-state index in [2.05, 4.69) is 9.67 Å². The smallest absolute Gasteiger partial charge is 0.342 e. The number of nitrogens with zero attached hydrogens (tertiary/aromatic N) is 3. The Bertz CT molecular complexity index is 1150. The molecule has 3 aromatic rings. The highest BCUT2D eigenvalue weighted by Gasteiger charge is 2.24. The first-order chi connectivity index (χ1) is 15.8. The molecule has 1 saturated heterocycles. The highest BCUT2D eigenvalue weighted by atomic mass is 16.5. The monoisotopic (exact) mass is 449 g/mol. The van der Waals surface area contributed by atoms with E-state index in [-0.39, 0.29) is 18.5 Å². The lowest BCUT2D eigenvalue weighted by Crippen LogP contribution is -2.18. The Morgan fingerprint density at radius 1 is 1.12 bits per heavy atom. The van der Waals surface area contributed by atoms with E-state index in [0.717, 1.165) is 48.6 Å². The number of rotatable bonds is 8. The van der Waals surface area contributed by atoms with Gasteiger partial charge in [-0.2, -0.15) is 5.10 Å². The maximum atomic E-state index is 12.9. The molecule has 174 valence electrons. The summed E-state index contributed by atoms with van der Waals surface area (Å²) >= 11 is 0. The molecule has 0 spiro atoms. The first-order valence-electron chi connectivity index (χ1n) is 11.4. The average molecular weight is 450 g/mol. The molecule has 1 atom stereocenters. The minimum Gasteiger partial charge on any atom is -0.454 e. The topological polar surface area (TPSA) is 75.4 Å². The summed E-state index contributed by atoms with van der Waals surface area (Å²) in [6.07, 6.45) is 2.30. The van der Waals surface area contributed by atoms with Gasteiger partial charge in [-0.3, -0.25) is 9.48 Å². The maximum absolute atomic E-state index is 12.9. The van der Waals surface area contributed by atoms with Crippen LogP contribution < -0.4 is 0 Å². The molecule has 1 aromatic carbocycles. The first-order valence-corrected chi connectivity index (χ1v) is 11.4. The molecule has 1 fully saturated rings. The van der Waals surface area contributed by atoms with Gasteiger partial charge in [0.2, 0.25) is 5.78 Å². The highest BCUT2D eigenvalue weighted by molar-refractivity contribution is 6.00. The van der Waals surface area contributed by atoms with Crippen molar-refractivity contribution < 1.29 is 19.1 Å². The molecule has 1 aliphatic rings. The predicted octanol–water partition coefficient (Wildman–Crippen LogP) is 4.19. The number of benzene rings is 1. The fourth-order valence-electron chi connectivity index (χ4n) is 4.54. The summed E-state index contributed by atoms with van der Waals surface area (Å²) in [5.41, 5.74) is 5.31. The molecule has 4 rings (SSSR count). The minimum atomic E-state index is -0.522. The van der Waals surface area contributed by atoms with Gasteiger partial charge in [-0.15, -0.1) is 0 Å². The molecule has 2 aromatic heterocycles. The van der Waals surface area contributed by atoms with Gasteiger partial charge >= 0.3 is 5.97 Å². The van der Waals surface area contributed by atoms with E-state index in [0.29, 0.717) is 23.4 Å². The number of hydrogen-bond donors (Lipinski definition) is 0. The van der Waals surface area contributed by atoms with Crippen LogP contribution in [0.2, 0.25) is 0 Å². The molecular formula is C26H31N3O4. The van der Waals surface area contributed by atoms with Crippen molar-refractivity contribution in [2.45, 2.75) is 59.7 Å². The Labute approximate surface area is 194 Å². The van der Waals surface area contributed by atoms with Crippen LogP contribution in [0.1, 0.15) is 61.9 Å². The lowest BCUT2D eigenvalue weighted by atomic mass is 10.1. The van der Waals surface area contributed by atoms with Crippen LogP contribution in [0.3, 0.4) is 0 Å². The second-order valence-electron chi connectivity index (χ2n) is 8.72. The van der Waals surface area contributed by atoms with Crippen LogP contribution in [-0.2, 0) is 22.6 Å². The zero-order chi connectivity index (χ0) is 23.5. The van der Waals surface area contributed by atoms with Crippen molar-refractivity contribution in [1.29, 1.82) is 0 Å². The zero-order valence-corrected chi connectivity index (χ0v) is 19.8. The van der Waals surface area contributed by atoms with Crippen molar-refractivity contribution in [1.82, 2.24) is 14.3 Å². The van der Waals surface area contributed by atoms with Gasteiger partial charge in [-0.05, 0) is 52.2 Å². The molecular weight excluding hydrogens is 418 g/mol. The largest absolute Gasteiger partial charge is 0.454 e. The Kier molecular flexibility index (Phi) is 6.79. The Hall–Kier alpha value is -3.19. The Morgan fingerprint density at radius 3 is 2.58 bits per heavy atom. The standard InChI is InChI=1S/C26H31N3O4/c1-17-13-23(19(3)28(17)15-22-11-8-12-32-22)24(30)16-33-26(31)25-18(2)27-29(20(25)4)14-21-9-6-5-7-10-21/h5-7,9-10,13,22H,8,11-12,14-16H2,1-4H3. The quantitative estimate of drug-likeness (QED) is 0.381. The molecule has 1 aliphatic heterocycles. The van der Waals surface area contributed by atoms with Crippen molar-refractivity contribution in [2.75, 3.05) is 13.2 Å². The average Bonchev–Trinajstić information content (AvgIpc) is 3.48. The van der Waals surface area contributed by atoms with Gasteiger partial charge in [-0.25, -0.2) is 4.79 Å². The number of aromatic nitrogens is 3. The van der Waals surface area contributed by atoms with Crippen LogP contribution in [0.25, 0.3) is 0 Å². The number of Topliss-reactive ketones (excluding diaryl/α,β-unsaturated/α-hetero) is 1. The number of carbonyl (C=O) groups is 2. The fourth-order valence-corrected chi connectivity index (χ4v) is 4.54. The van der Waals surface area contributed by atoms with Crippen LogP contribution in [0.4, 0.5) is 0 Å². The van der Waals surface area contributed by atoms with Gasteiger partial charge in [0, 0.05) is 30.1 Å².